The van der Waals surface area contributed by atoms with Crippen LogP contribution in [0.15, 0.2) is 18.2 Å². The van der Waals surface area contributed by atoms with E-state index in [2.05, 4.69) is 0 Å². The average molecular weight is 251 g/mol. The molecule has 0 heterocycles. The summed E-state index contributed by atoms with van der Waals surface area (Å²) in [6, 6.07) is 3.34. The van der Waals surface area contributed by atoms with E-state index < -0.39 is 17.7 Å². The van der Waals surface area contributed by atoms with Gasteiger partial charge in [-0.05, 0) is 37.0 Å². The molecule has 1 aliphatic carbocycles. The summed E-state index contributed by atoms with van der Waals surface area (Å²) in [7, 11) is 1.63. The first-order valence-corrected chi connectivity index (χ1v) is 5.77. The van der Waals surface area contributed by atoms with Crippen molar-refractivity contribution >= 4 is 11.9 Å². The Bertz CT molecular complexity index is 497. The lowest BCUT2D eigenvalue weighted by Gasteiger charge is -2.17. The first-order chi connectivity index (χ1) is 8.49. The van der Waals surface area contributed by atoms with E-state index >= 15 is 0 Å². The van der Waals surface area contributed by atoms with Crippen molar-refractivity contribution in [2.75, 3.05) is 13.6 Å². The first-order valence-electron chi connectivity index (χ1n) is 5.77. The molecule has 0 aliphatic heterocycles. The third kappa shape index (κ3) is 2.67. The molecule has 2 rings (SSSR count). The standard InChI is InChI=1S/C13H14FNO3/c1-15(7-8-2-3-8)12(16)10-5-4-9(13(17)18)6-11(10)14/h4-6,8H,2-3,7H2,1H3,(H,17,18). The summed E-state index contributed by atoms with van der Waals surface area (Å²) in [6.07, 6.45) is 2.22. The smallest absolute Gasteiger partial charge is 0.335 e. The van der Waals surface area contributed by atoms with E-state index in [0.29, 0.717) is 12.5 Å². The van der Waals surface area contributed by atoms with Gasteiger partial charge in [-0.25, -0.2) is 9.18 Å². The molecule has 96 valence electrons. The molecule has 0 bridgehead atoms. The van der Waals surface area contributed by atoms with Gasteiger partial charge in [-0.3, -0.25) is 4.79 Å². The van der Waals surface area contributed by atoms with Crippen molar-refractivity contribution in [2.45, 2.75) is 12.8 Å². The molecule has 1 amide bonds. The molecule has 1 saturated carbocycles. The van der Waals surface area contributed by atoms with Crippen LogP contribution >= 0.6 is 0 Å². The van der Waals surface area contributed by atoms with Crippen molar-refractivity contribution in [3.8, 4) is 0 Å². The van der Waals surface area contributed by atoms with E-state index in [4.69, 9.17) is 5.11 Å². The van der Waals surface area contributed by atoms with Crippen LogP contribution in [0.25, 0.3) is 0 Å². The van der Waals surface area contributed by atoms with E-state index in [1.54, 1.807) is 7.05 Å². The lowest BCUT2D eigenvalue weighted by Crippen LogP contribution is -2.29. The Balaban J connectivity index is 2.16. The van der Waals surface area contributed by atoms with Crippen molar-refractivity contribution in [1.29, 1.82) is 0 Å². The molecule has 1 aliphatic rings. The second-order valence-electron chi connectivity index (χ2n) is 4.63. The Morgan fingerprint density at radius 3 is 2.61 bits per heavy atom. The fourth-order valence-electron chi connectivity index (χ4n) is 1.80. The maximum atomic E-state index is 13.7. The number of hydrogen-bond donors (Lipinski definition) is 1. The van der Waals surface area contributed by atoms with Crippen LogP contribution in [0.5, 0.6) is 0 Å². The summed E-state index contributed by atoms with van der Waals surface area (Å²) >= 11 is 0. The minimum atomic E-state index is -1.21. The highest BCUT2D eigenvalue weighted by molar-refractivity contribution is 5.96. The van der Waals surface area contributed by atoms with E-state index in [9.17, 15) is 14.0 Å². The van der Waals surface area contributed by atoms with Crippen molar-refractivity contribution < 1.29 is 19.1 Å². The molecule has 1 aromatic rings. The molecule has 1 N–H and O–H groups in total. The van der Waals surface area contributed by atoms with Crippen LogP contribution in [0.3, 0.4) is 0 Å². The number of carboxylic acids is 1. The predicted molar refractivity (Wildman–Crippen MR) is 63.0 cm³/mol. The van der Waals surface area contributed by atoms with Crippen LogP contribution in [0.4, 0.5) is 4.39 Å². The maximum Gasteiger partial charge on any atom is 0.335 e. The predicted octanol–water partition coefficient (Wildman–Crippen LogP) is 2.01. The molecule has 0 atom stereocenters. The Morgan fingerprint density at radius 2 is 2.11 bits per heavy atom. The third-order valence-corrected chi connectivity index (χ3v) is 3.02. The molecule has 0 radical (unpaired) electrons. The zero-order valence-corrected chi connectivity index (χ0v) is 10.0. The number of carbonyl (C=O) groups excluding carboxylic acids is 1. The topological polar surface area (TPSA) is 57.6 Å². The van der Waals surface area contributed by atoms with Gasteiger partial charge in [-0.2, -0.15) is 0 Å². The van der Waals surface area contributed by atoms with Crippen LogP contribution in [0.2, 0.25) is 0 Å². The largest absolute Gasteiger partial charge is 0.478 e. The molecule has 0 spiro atoms. The van der Waals surface area contributed by atoms with Crippen molar-refractivity contribution in [3.63, 3.8) is 0 Å². The number of nitrogens with zero attached hydrogens (tertiary/aromatic N) is 1. The van der Waals surface area contributed by atoms with Gasteiger partial charge in [0.25, 0.3) is 5.91 Å². The van der Waals surface area contributed by atoms with E-state index in [0.717, 1.165) is 18.9 Å². The molecule has 0 saturated heterocycles. The number of amides is 1. The second kappa shape index (κ2) is 4.76. The SMILES string of the molecule is CN(CC1CC1)C(=O)c1ccc(C(=O)O)cc1F. The molecule has 0 aromatic heterocycles. The zero-order chi connectivity index (χ0) is 13.3. The Hall–Kier alpha value is -1.91. The summed E-state index contributed by atoms with van der Waals surface area (Å²) in [5, 5.41) is 8.71. The lowest BCUT2D eigenvalue weighted by molar-refractivity contribution is 0.0694. The summed E-state index contributed by atoms with van der Waals surface area (Å²) in [4.78, 5) is 24.1. The number of benzene rings is 1. The van der Waals surface area contributed by atoms with Gasteiger partial charge in [-0.15, -0.1) is 0 Å². The zero-order valence-electron chi connectivity index (χ0n) is 10.0. The Kier molecular flexibility index (Phi) is 3.32. The average Bonchev–Trinajstić information content (AvgIpc) is 3.11. The maximum absolute atomic E-state index is 13.7. The molecular formula is C13H14FNO3. The monoisotopic (exact) mass is 251 g/mol. The molecular weight excluding hydrogens is 237 g/mol. The Morgan fingerprint density at radius 1 is 1.44 bits per heavy atom. The van der Waals surface area contributed by atoms with Crippen molar-refractivity contribution in [1.82, 2.24) is 4.90 Å². The normalized spacial score (nSPS) is 14.3. The minimum absolute atomic E-state index is 0.0804. The lowest BCUT2D eigenvalue weighted by atomic mass is 10.1. The van der Waals surface area contributed by atoms with E-state index in [-0.39, 0.29) is 11.1 Å². The molecule has 5 heteroatoms. The summed E-state index contributed by atoms with van der Waals surface area (Å²) < 4.78 is 13.7. The van der Waals surface area contributed by atoms with Gasteiger partial charge < -0.3 is 10.0 Å². The molecule has 1 fully saturated rings. The van der Waals surface area contributed by atoms with Crippen LogP contribution in [0, 0.1) is 11.7 Å². The Labute approximate surface area is 104 Å². The van der Waals surface area contributed by atoms with Gasteiger partial charge in [-0.1, -0.05) is 0 Å². The van der Waals surface area contributed by atoms with Crippen LogP contribution in [-0.2, 0) is 0 Å². The van der Waals surface area contributed by atoms with Gasteiger partial charge in [0.15, 0.2) is 0 Å². The van der Waals surface area contributed by atoms with Crippen molar-refractivity contribution in [2.24, 2.45) is 5.92 Å². The van der Waals surface area contributed by atoms with Gasteiger partial charge in [0.2, 0.25) is 0 Å². The number of hydrogen-bond acceptors (Lipinski definition) is 2. The van der Waals surface area contributed by atoms with Crippen molar-refractivity contribution in [3.05, 3.63) is 35.1 Å². The summed E-state index contributed by atoms with van der Waals surface area (Å²) in [6.45, 7) is 0.624. The van der Waals surface area contributed by atoms with Gasteiger partial charge in [0.1, 0.15) is 5.82 Å². The van der Waals surface area contributed by atoms with Crippen LogP contribution in [0.1, 0.15) is 33.6 Å². The number of rotatable bonds is 4. The fraction of sp³-hybridized carbons (Fsp3) is 0.385. The number of carboxylic acid groups (broad SMARTS) is 1. The highest BCUT2D eigenvalue weighted by atomic mass is 19.1. The number of halogens is 1. The van der Waals surface area contributed by atoms with Gasteiger partial charge >= 0.3 is 5.97 Å². The molecule has 18 heavy (non-hydrogen) atoms. The molecule has 1 aromatic carbocycles. The van der Waals surface area contributed by atoms with E-state index in [1.807, 2.05) is 0 Å². The highest BCUT2D eigenvalue weighted by Crippen LogP contribution is 2.29. The van der Waals surface area contributed by atoms with Crippen LogP contribution in [-0.4, -0.2) is 35.5 Å². The fourth-order valence-corrected chi connectivity index (χ4v) is 1.80. The van der Waals surface area contributed by atoms with Gasteiger partial charge in [0, 0.05) is 13.6 Å². The number of aromatic carboxylic acids is 1. The first kappa shape index (κ1) is 12.5. The minimum Gasteiger partial charge on any atom is -0.478 e. The number of carbonyl (C=O) groups is 2. The van der Waals surface area contributed by atoms with Gasteiger partial charge in [0.05, 0.1) is 11.1 Å². The highest BCUT2D eigenvalue weighted by Gasteiger charge is 2.26. The second-order valence-corrected chi connectivity index (χ2v) is 4.63. The molecule has 4 nitrogen and oxygen atoms in total. The summed E-state index contributed by atoms with van der Waals surface area (Å²) in [5.74, 6) is -1.88. The molecule has 0 unspecified atom stereocenters. The van der Waals surface area contributed by atoms with E-state index in [1.165, 1.54) is 17.0 Å². The van der Waals surface area contributed by atoms with Crippen LogP contribution < -0.4 is 0 Å². The third-order valence-electron chi connectivity index (χ3n) is 3.02. The summed E-state index contributed by atoms with van der Waals surface area (Å²) in [5.41, 5.74) is -0.239. The quantitative estimate of drug-likeness (QED) is 0.890.